The first-order chi connectivity index (χ1) is 12.0. The van der Waals surface area contributed by atoms with Crippen LogP contribution < -0.4 is 4.31 Å². The molecule has 0 saturated carbocycles. The molecule has 4 rings (SSSR count). The Bertz CT molecular complexity index is 1020. The molecule has 0 atom stereocenters. The van der Waals surface area contributed by atoms with Crippen LogP contribution in [-0.4, -0.2) is 25.8 Å². The summed E-state index contributed by atoms with van der Waals surface area (Å²) in [5.74, 6) is 0.782. The highest BCUT2D eigenvalue weighted by Crippen LogP contribution is 2.46. The second kappa shape index (κ2) is 5.77. The lowest BCUT2D eigenvalue weighted by Gasteiger charge is -2.18. The molecule has 2 aromatic carbocycles. The van der Waals surface area contributed by atoms with Gasteiger partial charge in [0.25, 0.3) is 0 Å². The van der Waals surface area contributed by atoms with Crippen LogP contribution in [0.15, 0.2) is 60.7 Å². The normalized spacial score (nSPS) is 13.9. The van der Waals surface area contributed by atoms with E-state index >= 15 is 0 Å². The Morgan fingerprint density at radius 3 is 1.84 bits per heavy atom. The Morgan fingerprint density at radius 1 is 0.800 bits per heavy atom. The van der Waals surface area contributed by atoms with E-state index in [-0.39, 0.29) is 0 Å². The van der Waals surface area contributed by atoms with Crippen molar-refractivity contribution in [3.63, 3.8) is 0 Å². The molecule has 0 radical (unpaired) electrons. The monoisotopic (exact) mass is 352 g/mol. The highest BCUT2D eigenvalue weighted by atomic mass is 32.2. The first-order valence-electron chi connectivity index (χ1n) is 8.30. The van der Waals surface area contributed by atoms with Gasteiger partial charge in [-0.15, -0.1) is 0 Å². The standard InChI is InChI=1S/C20H20N2O2S/c1-15-18(16-9-5-3-6-10-16)19(17-11-7-4-8-12-17)20-21(15)13-14-22(20)25(2,23)24/h3-12H,13-14H2,1-2H3. The number of sulfonamides is 1. The molecule has 0 bridgehead atoms. The maximum atomic E-state index is 12.3. The summed E-state index contributed by atoms with van der Waals surface area (Å²) in [6.07, 6.45) is 1.28. The summed E-state index contributed by atoms with van der Waals surface area (Å²) in [4.78, 5) is 0. The average molecular weight is 352 g/mol. The zero-order chi connectivity index (χ0) is 17.6. The van der Waals surface area contributed by atoms with E-state index in [2.05, 4.69) is 23.6 Å². The van der Waals surface area contributed by atoms with Crippen molar-refractivity contribution in [2.75, 3.05) is 17.1 Å². The minimum absolute atomic E-state index is 0.490. The van der Waals surface area contributed by atoms with Crippen LogP contribution in [0.4, 0.5) is 5.82 Å². The molecule has 0 unspecified atom stereocenters. The fourth-order valence-corrected chi connectivity index (χ4v) is 4.63. The zero-order valence-corrected chi connectivity index (χ0v) is 15.1. The number of aromatic nitrogens is 1. The van der Waals surface area contributed by atoms with Crippen LogP contribution in [0.5, 0.6) is 0 Å². The molecule has 3 aromatic rings. The molecule has 0 saturated heterocycles. The Hall–Kier alpha value is -2.53. The van der Waals surface area contributed by atoms with Crippen molar-refractivity contribution in [1.82, 2.24) is 4.57 Å². The predicted molar refractivity (Wildman–Crippen MR) is 102 cm³/mol. The lowest BCUT2D eigenvalue weighted by molar-refractivity contribution is 0.598. The minimum atomic E-state index is -3.32. The van der Waals surface area contributed by atoms with Gasteiger partial charge < -0.3 is 4.57 Å². The van der Waals surface area contributed by atoms with Gasteiger partial charge in [-0.3, -0.25) is 4.31 Å². The zero-order valence-electron chi connectivity index (χ0n) is 14.3. The number of nitrogens with zero attached hydrogens (tertiary/aromatic N) is 2. The lowest BCUT2D eigenvalue weighted by atomic mass is 9.96. The topological polar surface area (TPSA) is 42.3 Å². The first-order valence-corrected chi connectivity index (χ1v) is 10.1. The van der Waals surface area contributed by atoms with E-state index in [0.717, 1.165) is 33.8 Å². The van der Waals surface area contributed by atoms with Crippen molar-refractivity contribution >= 4 is 15.8 Å². The van der Waals surface area contributed by atoms with Gasteiger partial charge in [-0.25, -0.2) is 8.42 Å². The van der Waals surface area contributed by atoms with Gasteiger partial charge >= 0.3 is 0 Å². The van der Waals surface area contributed by atoms with Crippen molar-refractivity contribution < 1.29 is 8.42 Å². The highest BCUT2D eigenvalue weighted by molar-refractivity contribution is 7.92. The summed E-state index contributed by atoms with van der Waals surface area (Å²) < 4.78 is 28.4. The number of benzene rings is 2. The maximum absolute atomic E-state index is 12.3. The van der Waals surface area contributed by atoms with E-state index in [1.807, 2.05) is 48.5 Å². The average Bonchev–Trinajstić information content (AvgIpc) is 3.15. The van der Waals surface area contributed by atoms with Crippen molar-refractivity contribution in [3.05, 3.63) is 66.4 Å². The van der Waals surface area contributed by atoms with E-state index in [1.54, 1.807) is 0 Å². The van der Waals surface area contributed by atoms with E-state index in [4.69, 9.17) is 0 Å². The number of hydrogen-bond donors (Lipinski definition) is 0. The van der Waals surface area contributed by atoms with Crippen LogP contribution in [0.1, 0.15) is 5.69 Å². The van der Waals surface area contributed by atoms with Crippen LogP contribution in [0, 0.1) is 6.92 Å². The van der Waals surface area contributed by atoms with Crippen LogP contribution in [0.2, 0.25) is 0 Å². The van der Waals surface area contributed by atoms with Crippen LogP contribution in [-0.2, 0) is 16.6 Å². The fraction of sp³-hybridized carbons (Fsp3) is 0.200. The molecule has 0 N–H and O–H groups in total. The second-order valence-corrected chi connectivity index (χ2v) is 8.28. The van der Waals surface area contributed by atoms with E-state index in [9.17, 15) is 8.42 Å². The molecule has 5 heteroatoms. The number of anilines is 1. The SMILES string of the molecule is Cc1c(-c2ccccc2)c(-c2ccccc2)c2n1CCN2S(C)(=O)=O. The third kappa shape index (κ3) is 2.55. The van der Waals surface area contributed by atoms with Crippen molar-refractivity contribution in [2.24, 2.45) is 0 Å². The molecule has 0 amide bonds. The van der Waals surface area contributed by atoms with Crippen molar-refractivity contribution in [2.45, 2.75) is 13.5 Å². The van der Waals surface area contributed by atoms with Gasteiger partial charge in [0.2, 0.25) is 10.0 Å². The molecule has 4 nitrogen and oxygen atoms in total. The Labute approximate surface area is 148 Å². The molecule has 1 aliphatic heterocycles. The van der Waals surface area contributed by atoms with Crippen LogP contribution in [0.25, 0.3) is 22.3 Å². The molecule has 1 aromatic heterocycles. The number of hydrogen-bond acceptors (Lipinski definition) is 2. The molecule has 2 heterocycles. The summed E-state index contributed by atoms with van der Waals surface area (Å²) in [5.41, 5.74) is 5.34. The molecule has 0 spiro atoms. The minimum Gasteiger partial charge on any atom is -0.328 e. The van der Waals surface area contributed by atoms with Gasteiger partial charge in [-0.1, -0.05) is 60.7 Å². The van der Waals surface area contributed by atoms with Gasteiger partial charge in [0.15, 0.2) is 0 Å². The Kier molecular flexibility index (Phi) is 3.69. The van der Waals surface area contributed by atoms with Crippen molar-refractivity contribution in [3.8, 4) is 22.3 Å². The second-order valence-electron chi connectivity index (χ2n) is 6.38. The Morgan fingerprint density at radius 2 is 1.32 bits per heavy atom. The smallest absolute Gasteiger partial charge is 0.233 e. The summed E-state index contributed by atoms with van der Waals surface area (Å²) in [5, 5.41) is 0. The van der Waals surface area contributed by atoms with Crippen LogP contribution in [0.3, 0.4) is 0 Å². The Balaban J connectivity index is 2.08. The maximum Gasteiger partial charge on any atom is 0.233 e. The van der Waals surface area contributed by atoms with E-state index in [0.29, 0.717) is 13.1 Å². The van der Waals surface area contributed by atoms with Gasteiger partial charge in [0.05, 0.1) is 12.8 Å². The first kappa shape index (κ1) is 16.0. The predicted octanol–water partition coefficient (Wildman–Crippen LogP) is 3.91. The molecule has 0 fully saturated rings. The van der Waals surface area contributed by atoms with Gasteiger partial charge in [0, 0.05) is 23.4 Å². The van der Waals surface area contributed by atoms with E-state index in [1.165, 1.54) is 10.6 Å². The molecule has 128 valence electrons. The molecule has 25 heavy (non-hydrogen) atoms. The molecular formula is C20H20N2O2S. The quantitative estimate of drug-likeness (QED) is 0.717. The largest absolute Gasteiger partial charge is 0.328 e. The van der Waals surface area contributed by atoms with Gasteiger partial charge in [-0.2, -0.15) is 0 Å². The summed E-state index contributed by atoms with van der Waals surface area (Å²) in [6.45, 7) is 3.24. The third-order valence-electron chi connectivity index (χ3n) is 4.78. The molecular weight excluding hydrogens is 332 g/mol. The fourth-order valence-electron chi connectivity index (χ4n) is 3.71. The lowest BCUT2D eigenvalue weighted by Crippen LogP contribution is -2.28. The molecule has 0 aliphatic carbocycles. The highest BCUT2D eigenvalue weighted by Gasteiger charge is 2.34. The van der Waals surface area contributed by atoms with Gasteiger partial charge in [0.1, 0.15) is 5.82 Å². The van der Waals surface area contributed by atoms with Crippen molar-refractivity contribution in [1.29, 1.82) is 0 Å². The van der Waals surface area contributed by atoms with E-state index < -0.39 is 10.0 Å². The summed E-state index contributed by atoms with van der Waals surface area (Å²) in [7, 11) is -3.32. The molecule has 1 aliphatic rings. The van der Waals surface area contributed by atoms with Gasteiger partial charge in [-0.05, 0) is 18.1 Å². The third-order valence-corrected chi connectivity index (χ3v) is 5.94. The number of rotatable bonds is 3. The summed E-state index contributed by atoms with van der Waals surface area (Å²) in [6, 6.07) is 20.2. The number of fused-ring (bicyclic) bond motifs is 1. The summed E-state index contributed by atoms with van der Waals surface area (Å²) >= 11 is 0. The van der Waals surface area contributed by atoms with Crippen LogP contribution >= 0.6 is 0 Å².